The average Bonchev–Trinajstić information content (AvgIpc) is 2.87. The number of fused-ring (bicyclic) bond motifs is 1. The second kappa shape index (κ2) is 5.45. The highest BCUT2D eigenvalue weighted by molar-refractivity contribution is 5.87. The zero-order valence-electron chi connectivity index (χ0n) is 11.8. The van der Waals surface area contributed by atoms with E-state index in [9.17, 15) is 4.79 Å². The van der Waals surface area contributed by atoms with Crippen LogP contribution in [0.2, 0.25) is 0 Å². The molecule has 0 heterocycles. The summed E-state index contributed by atoms with van der Waals surface area (Å²) in [5.74, 6) is 8.78. The Balaban J connectivity index is 1.87. The Bertz CT molecular complexity index is 354. The summed E-state index contributed by atoms with van der Waals surface area (Å²) in [6.45, 7) is 6.33. The van der Waals surface area contributed by atoms with Crippen LogP contribution in [0.3, 0.4) is 0 Å². The van der Waals surface area contributed by atoms with Crippen molar-refractivity contribution in [2.24, 2.45) is 17.8 Å². The monoisotopic (exact) mass is 248 g/mol. The zero-order valence-corrected chi connectivity index (χ0v) is 11.8. The van der Waals surface area contributed by atoms with Crippen LogP contribution in [0.1, 0.15) is 52.9 Å². The van der Waals surface area contributed by atoms with Crippen molar-refractivity contribution in [2.75, 3.05) is 6.61 Å². The summed E-state index contributed by atoms with van der Waals surface area (Å²) < 4.78 is 5.55. The highest BCUT2D eigenvalue weighted by Gasteiger charge is 2.50. The number of hydrogen-bond donors (Lipinski definition) is 0. The van der Waals surface area contributed by atoms with Crippen LogP contribution >= 0.6 is 0 Å². The van der Waals surface area contributed by atoms with Gasteiger partial charge < -0.3 is 4.74 Å². The number of ketones is 1. The van der Waals surface area contributed by atoms with Gasteiger partial charge in [0.1, 0.15) is 5.60 Å². The lowest BCUT2D eigenvalue weighted by molar-refractivity contribution is -0.140. The zero-order chi connectivity index (χ0) is 13.2. The predicted octanol–water partition coefficient (Wildman–Crippen LogP) is 3.20. The van der Waals surface area contributed by atoms with Crippen LogP contribution in [0.25, 0.3) is 0 Å². The van der Waals surface area contributed by atoms with E-state index in [-0.39, 0.29) is 5.78 Å². The minimum atomic E-state index is -0.608. The first-order valence-electron chi connectivity index (χ1n) is 7.19. The van der Waals surface area contributed by atoms with Crippen molar-refractivity contribution in [3.63, 3.8) is 0 Å². The number of carbonyl (C=O) groups excluding carboxylic acids is 1. The number of rotatable bonds is 5. The smallest absolute Gasteiger partial charge is 0.164 e. The normalized spacial score (nSPS) is 30.5. The summed E-state index contributed by atoms with van der Waals surface area (Å²) in [4.78, 5) is 12.3. The molecule has 2 atom stereocenters. The van der Waals surface area contributed by atoms with Gasteiger partial charge in [0.25, 0.3) is 0 Å². The van der Waals surface area contributed by atoms with Gasteiger partial charge in [0, 0.05) is 25.9 Å². The summed E-state index contributed by atoms with van der Waals surface area (Å²) in [6.07, 6.45) is 5.10. The third-order valence-electron chi connectivity index (χ3n) is 4.44. The third kappa shape index (κ3) is 2.95. The van der Waals surface area contributed by atoms with Gasteiger partial charge in [-0.05, 0) is 51.4 Å². The van der Waals surface area contributed by atoms with Crippen molar-refractivity contribution >= 4 is 5.78 Å². The first kappa shape index (κ1) is 13.6. The fourth-order valence-electron chi connectivity index (χ4n) is 3.24. The van der Waals surface area contributed by atoms with Gasteiger partial charge >= 0.3 is 0 Å². The lowest BCUT2D eigenvalue weighted by atomic mass is 9.97. The molecule has 1 fully saturated rings. The van der Waals surface area contributed by atoms with Crippen molar-refractivity contribution in [3.8, 4) is 11.8 Å². The maximum Gasteiger partial charge on any atom is 0.164 e. The number of Topliss-reactive ketones (excluding diaryl/α,β-unsaturated/α-hetero) is 1. The van der Waals surface area contributed by atoms with Crippen LogP contribution in [0.4, 0.5) is 0 Å². The minimum Gasteiger partial charge on any atom is -0.368 e. The molecule has 0 amide bonds. The molecule has 0 aromatic rings. The Morgan fingerprint density at radius 2 is 1.78 bits per heavy atom. The van der Waals surface area contributed by atoms with Crippen molar-refractivity contribution in [2.45, 2.75) is 58.5 Å². The Hall–Kier alpha value is -0.810. The topological polar surface area (TPSA) is 26.3 Å². The molecule has 2 rings (SSSR count). The molecule has 0 aliphatic heterocycles. The molecule has 2 unspecified atom stereocenters. The van der Waals surface area contributed by atoms with Gasteiger partial charge in [0.15, 0.2) is 5.78 Å². The van der Waals surface area contributed by atoms with Crippen LogP contribution in [-0.4, -0.2) is 18.0 Å². The maximum atomic E-state index is 12.3. The van der Waals surface area contributed by atoms with Crippen molar-refractivity contribution in [1.29, 1.82) is 0 Å². The van der Waals surface area contributed by atoms with Crippen molar-refractivity contribution < 1.29 is 9.53 Å². The molecule has 18 heavy (non-hydrogen) atoms. The molecule has 2 aliphatic rings. The van der Waals surface area contributed by atoms with E-state index in [0.717, 1.165) is 24.7 Å². The summed E-state index contributed by atoms with van der Waals surface area (Å²) in [5, 5.41) is 0. The summed E-state index contributed by atoms with van der Waals surface area (Å²) in [6, 6.07) is 0. The molecule has 0 aromatic carbocycles. The first-order chi connectivity index (χ1) is 8.56. The maximum absolute atomic E-state index is 12.3. The van der Waals surface area contributed by atoms with E-state index in [1.54, 1.807) is 0 Å². The average molecular weight is 248 g/mol. The van der Waals surface area contributed by atoms with E-state index in [1.807, 2.05) is 20.8 Å². The molecule has 2 aliphatic carbocycles. The highest BCUT2D eigenvalue weighted by atomic mass is 16.5. The second-order valence-corrected chi connectivity index (χ2v) is 5.99. The summed E-state index contributed by atoms with van der Waals surface area (Å²) in [5.41, 5.74) is -0.608. The standard InChI is InChI=1S/C16H24O2/c1-4-18-16(2,3)15(17)11-14-12-9-7-5-6-8-10-13(12)14/h12-14H,4,7-11H2,1-3H3. The molecule has 0 spiro atoms. The largest absolute Gasteiger partial charge is 0.368 e. The van der Waals surface area contributed by atoms with E-state index >= 15 is 0 Å². The second-order valence-electron chi connectivity index (χ2n) is 5.99. The SMILES string of the molecule is CCOC(C)(C)C(=O)CC1C2CCC#CCCC21. The highest BCUT2D eigenvalue weighted by Crippen LogP contribution is 2.54. The number of ether oxygens (including phenoxy) is 1. The van der Waals surface area contributed by atoms with Crippen LogP contribution in [0, 0.1) is 29.6 Å². The lowest BCUT2D eigenvalue weighted by Gasteiger charge is -2.23. The van der Waals surface area contributed by atoms with E-state index in [0.29, 0.717) is 18.9 Å². The molecule has 0 N–H and O–H groups in total. The molecule has 0 aromatic heterocycles. The first-order valence-corrected chi connectivity index (χ1v) is 7.19. The Labute approximate surface area is 110 Å². The van der Waals surface area contributed by atoms with Gasteiger partial charge in [-0.3, -0.25) is 4.79 Å². The van der Waals surface area contributed by atoms with Gasteiger partial charge in [-0.2, -0.15) is 0 Å². The summed E-state index contributed by atoms with van der Waals surface area (Å²) >= 11 is 0. The molecule has 0 radical (unpaired) electrons. The van der Waals surface area contributed by atoms with Gasteiger partial charge in [0.2, 0.25) is 0 Å². The van der Waals surface area contributed by atoms with Gasteiger partial charge in [-0.15, -0.1) is 11.8 Å². The van der Waals surface area contributed by atoms with E-state index in [1.165, 1.54) is 12.8 Å². The fraction of sp³-hybridized carbons (Fsp3) is 0.812. The lowest BCUT2D eigenvalue weighted by Crippen LogP contribution is -2.35. The summed E-state index contributed by atoms with van der Waals surface area (Å²) in [7, 11) is 0. The van der Waals surface area contributed by atoms with Crippen LogP contribution < -0.4 is 0 Å². The van der Waals surface area contributed by atoms with Crippen molar-refractivity contribution in [1.82, 2.24) is 0 Å². The molecule has 0 bridgehead atoms. The predicted molar refractivity (Wildman–Crippen MR) is 72.0 cm³/mol. The van der Waals surface area contributed by atoms with Gasteiger partial charge in [0.05, 0.1) is 0 Å². The molecule has 1 saturated carbocycles. The van der Waals surface area contributed by atoms with E-state index in [2.05, 4.69) is 11.8 Å². The van der Waals surface area contributed by atoms with Crippen molar-refractivity contribution in [3.05, 3.63) is 0 Å². The quantitative estimate of drug-likeness (QED) is 0.698. The van der Waals surface area contributed by atoms with E-state index < -0.39 is 5.60 Å². The van der Waals surface area contributed by atoms with Crippen LogP contribution in [-0.2, 0) is 9.53 Å². The third-order valence-corrected chi connectivity index (χ3v) is 4.44. The Morgan fingerprint density at radius 3 is 2.28 bits per heavy atom. The molecule has 2 heteroatoms. The molecular formula is C16H24O2. The van der Waals surface area contributed by atoms with Crippen LogP contribution in [0.5, 0.6) is 0 Å². The molecule has 0 saturated heterocycles. The Kier molecular flexibility index (Phi) is 4.12. The van der Waals surface area contributed by atoms with Crippen LogP contribution in [0.15, 0.2) is 0 Å². The number of carbonyl (C=O) groups is 1. The molecule has 2 nitrogen and oxygen atoms in total. The molecule has 100 valence electrons. The molecular weight excluding hydrogens is 224 g/mol. The van der Waals surface area contributed by atoms with Gasteiger partial charge in [-0.1, -0.05) is 0 Å². The van der Waals surface area contributed by atoms with Gasteiger partial charge in [-0.25, -0.2) is 0 Å². The minimum absolute atomic E-state index is 0.266. The fourth-order valence-corrected chi connectivity index (χ4v) is 3.24. The number of hydrogen-bond acceptors (Lipinski definition) is 2. The Morgan fingerprint density at radius 1 is 1.22 bits per heavy atom. The van der Waals surface area contributed by atoms with E-state index in [4.69, 9.17) is 4.74 Å².